The number of carbonyl (C=O) groups excluding carboxylic acids is 1. The molecule has 2 saturated heterocycles. The van der Waals surface area contributed by atoms with E-state index in [-0.39, 0.29) is 18.0 Å². The Morgan fingerprint density at radius 2 is 2.00 bits per heavy atom. The number of benzene rings is 2. The van der Waals surface area contributed by atoms with E-state index in [1.807, 2.05) is 41.4 Å². The maximum absolute atomic E-state index is 12.9. The van der Waals surface area contributed by atoms with Gasteiger partial charge in [0, 0.05) is 24.7 Å². The normalized spacial score (nSPS) is 22.5. The minimum absolute atomic E-state index is 0.0548. The molecular formula is C21H18ClN3O. The number of nitrogens with zero attached hydrogens (tertiary/aromatic N) is 3. The number of carbonyl (C=O) groups is 1. The van der Waals surface area contributed by atoms with Crippen molar-refractivity contribution >= 4 is 34.1 Å². The highest BCUT2D eigenvalue weighted by Crippen LogP contribution is 2.39. The molecule has 0 aliphatic carbocycles. The summed E-state index contributed by atoms with van der Waals surface area (Å²) < 4.78 is 0. The lowest BCUT2D eigenvalue weighted by atomic mass is 10.1. The van der Waals surface area contributed by atoms with Gasteiger partial charge in [0.15, 0.2) is 0 Å². The number of halogens is 1. The summed E-state index contributed by atoms with van der Waals surface area (Å²) in [5.41, 5.74) is 3.05. The Morgan fingerprint density at radius 3 is 2.85 bits per heavy atom. The fourth-order valence-electron chi connectivity index (χ4n) is 4.26. The van der Waals surface area contributed by atoms with E-state index in [9.17, 15) is 4.79 Å². The van der Waals surface area contributed by atoms with Crippen LogP contribution in [0.4, 0.5) is 5.69 Å². The summed E-state index contributed by atoms with van der Waals surface area (Å²) in [6, 6.07) is 18.1. The number of para-hydroxylation sites is 1. The van der Waals surface area contributed by atoms with Gasteiger partial charge in [0.25, 0.3) is 0 Å². The molecule has 5 heteroatoms. The second-order valence-electron chi connectivity index (χ2n) is 7.02. The maximum atomic E-state index is 12.9. The molecule has 2 aliphatic heterocycles. The molecule has 0 spiro atoms. The SMILES string of the molecule is O=C1[C@@H]2C[C@@H](CN2Cc2ccc3ncccc3c2)N1c1ccccc1Cl. The zero-order valence-corrected chi connectivity index (χ0v) is 14.9. The van der Waals surface area contributed by atoms with Crippen LogP contribution in [0.15, 0.2) is 60.8 Å². The van der Waals surface area contributed by atoms with Crippen molar-refractivity contribution in [1.29, 1.82) is 0 Å². The van der Waals surface area contributed by atoms with Crippen LogP contribution in [0.25, 0.3) is 10.9 Å². The van der Waals surface area contributed by atoms with Gasteiger partial charge < -0.3 is 4.90 Å². The first-order valence-electron chi connectivity index (χ1n) is 8.86. The minimum Gasteiger partial charge on any atom is -0.305 e. The first kappa shape index (κ1) is 15.8. The number of hydrogen-bond acceptors (Lipinski definition) is 3. The van der Waals surface area contributed by atoms with Crippen molar-refractivity contribution in [1.82, 2.24) is 9.88 Å². The van der Waals surface area contributed by atoms with Crippen LogP contribution in [-0.4, -0.2) is 34.4 Å². The van der Waals surface area contributed by atoms with Gasteiger partial charge in [-0.25, -0.2) is 0 Å². The number of amides is 1. The molecule has 130 valence electrons. The van der Waals surface area contributed by atoms with Crippen LogP contribution in [0.5, 0.6) is 0 Å². The van der Waals surface area contributed by atoms with Crippen molar-refractivity contribution < 1.29 is 4.79 Å². The van der Waals surface area contributed by atoms with Crippen LogP contribution in [0.3, 0.4) is 0 Å². The van der Waals surface area contributed by atoms with E-state index >= 15 is 0 Å². The summed E-state index contributed by atoms with van der Waals surface area (Å²) in [6.07, 6.45) is 2.68. The third-order valence-corrected chi connectivity index (χ3v) is 5.75. The summed E-state index contributed by atoms with van der Waals surface area (Å²) in [4.78, 5) is 21.5. The molecule has 5 rings (SSSR count). The highest BCUT2D eigenvalue weighted by Gasteiger charge is 2.50. The Hall–Kier alpha value is -2.43. The third-order valence-electron chi connectivity index (χ3n) is 5.43. The molecule has 2 aromatic carbocycles. The van der Waals surface area contributed by atoms with E-state index in [4.69, 9.17) is 11.6 Å². The number of anilines is 1. The van der Waals surface area contributed by atoms with E-state index in [0.717, 1.165) is 36.1 Å². The zero-order chi connectivity index (χ0) is 17.7. The molecule has 26 heavy (non-hydrogen) atoms. The smallest absolute Gasteiger partial charge is 0.244 e. The maximum Gasteiger partial charge on any atom is 0.244 e. The highest BCUT2D eigenvalue weighted by molar-refractivity contribution is 6.34. The van der Waals surface area contributed by atoms with Crippen LogP contribution in [0.1, 0.15) is 12.0 Å². The van der Waals surface area contributed by atoms with Crippen LogP contribution in [0, 0.1) is 0 Å². The summed E-state index contributed by atoms with van der Waals surface area (Å²) in [5, 5.41) is 1.78. The van der Waals surface area contributed by atoms with Gasteiger partial charge >= 0.3 is 0 Å². The highest BCUT2D eigenvalue weighted by atomic mass is 35.5. The first-order valence-corrected chi connectivity index (χ1v) is 9.24. The molecule has 3 heterocycles. The average Bonchev–Trinajstić information content (AvgIpc) is 3.20. The van der Waals surface area contributed by atoms with Gasteiger partial charge in [-0.1, -0.05) is 35.9 Å². The predicted molar refractivity (Wildman–Crippen MR) is 103 cm³/mol. The number of hydrogen-bond donors (Lipinski definition) is 0. The molecule has 2 bridgehead atoms. The summed E-state index contributed by atoms with van der Waals surface area (Å²) in [6.45, 7) is 1.67. The Morgan fingerprint density at radius 1 is 1.12 bits per heavy atom. The number of aromatic nitrogens is 1. The standard InChI is InChI=1S/C21H18ClN3O/c22-17-5-1-2-6-19(17)25-16-11-20(21(25)26)24(13-16)12-14-7-8-18-15(10-14)4-3-9-23-18/h1-10,16,20H,11-13H2/t16-,20-/m0/s1. The molecule has 0 unspecified atom stereocenters. The van der Waals surface area contributed by atoms with Crippen molar-refractivity contribution in [2.75, 3.05) is 11.4 Å². The topological polar surface area (TPSA) is 36.4 Å². The van der Waals surface area contributed by atoms with E-state index in [2.05, 4.69) is 34.1 Å². The van der Waals surface area contributed by atoms with E-state index < -0.39 is 0 Å². The number of piperazine rings is 1. The minimum atomic E-state index is -0.0548. The molecule has 1 amide bonds. The first-order chi connectivity index (χ1) is 12.7. The van der Waals surface area contributed by atoms with Gasteiger partial charge in [0.1, 0.15) is 0 Å². The molecule has 2 fully saturated rings. The monoisotopic (exact) mass is 363 g/mol. The summed E-state index contributed by atoms with van der Waals surface area (Å²) in [7, 11) is 0. The van der Waals surface area contributed by atoms with Crippen LogP contribution < -0.4 is 4.90 Å². The van der Waals surface area contributed by atoms with Gasteiger partial charge in [-0.2, -0.15) is 0 Å². The van der Waals surface area contributed by atoms with Crippen LogP contribution in [0.2, 0.25) is 5.02 Å². The fraction of sp³-hybridized carbons (Fsp3) is 0.238. The average molecular weight is 364 g/mol. The van der Waals surface area contributed by atoms with Crippen LogP contribution in [-0.2, 0) is 11.3 Å². The van der Waals surface area contributed by atoms with Crippen molar-refractivity contribution in [3.63, 3.8) is 0 Å². The largest absolute Gasteiger partial charge is 0.305 e. The molecule has 3 aromatic rings. The van der Waals surface area contributed by atoms with Crippen molar-refractivity contribution in [2.24, 2.45) is 0 Å². The molecule has 1 aromatic heterocycles. The van der Waals surface area contributed by atoms with Gasteiger partial charge in [-0.05, 0) is 42.3 Å². The van der Waals surface area contributed by atoms with Gasteiger partial charge in [-0.3, -0.25) is 14.7 Å². The quantitative estimate of drug-likeness (QED) is 0.708. The zero-order valence-electron chi connectivity index (χ0n) is 14.2. The lowest BCUT2D eigenvalue weighted by Crippen LogP contribution is -2.50. The second kappa shape index (κ2) is 6.08. The Bertz CT molecular complexity index is 1010. The molecule has 2 atom stereocenters. The molecule has 0 N–H and O–H groups in total. The van der Waals surface area contributed by atoms with E-state index in [1.165, 1.54) is 5.56 Å². The Balaban J connectivity index is 1.37. The molecule has 2 aliphatic rings. The number of pyridine rings is 1. The molecule has 0 radical (unpaired) electrons. The van der Waals surface area contributed by atoms with Gasteiger partial charge in [0.05, 0.1) is 28.3 Å². The second-order valence-corrected chi connectivity index (χ2v) is 7.43. The molecule has 0 saturated carbocycles. The van der Waals surface area contributed by atoms with Crippen molar-refractivity contribution in [3.8, 4) is 0 Å². The lowest BCUT2D eigenvalue weighted by molar-refractivity contribution is -0.122. The predicted octanol–water partition coefficient (Wildman–Crippen LogP) is 3.88. The van der Waals surface area contributed by atoms with Gasteiger partial charge in [0.2, 0.25) is 5.91 Å². The van der Waals surface area contributed by atoms with E-state index in [0.29, 0.717) is 5.02 Å². The van der Waals surface area contributed by atoms with Gasteiger partial charge in [-0.15, -0.1) is 0 Å². The van der Waals surface area contributed by atoms with E-state index in [1.54, 1.807) is 0 Å². The Labute approximate surface area is 157 Å². The molecular weight excluding hydrogens is 346 g/mol. The molecule has 4 nitrogen and oxygen atoms in total. The fourth-order valence-corrected chi connectivity index (χ4v) is 4.49. The lowest BCUT2D eigenvalue weighted by Gasteiger charge is -2.34. The number of fused-ring (bicyclic) bond motifs is 3. The number of rotatable bonds is 3. The van der Waals surface area contributed by atoms with Crippen molar-refractivity contribution in [2.45, 2.75) is 25.0 Å². The van der Waals surface area contributed by atoms with Crippen molar-refractivity contribution in [3.05, 3.63) is 71.4 Å². The summed E-state index contributed by atoms with van der Waals surface area (Å²) in [5.74, 6) is 0.164. The third kappa shape index (κ3) is 2.49. The summed E-state index contributed by atoms with van der Waals surface area (Å²) >= 11 is 6.31. The van der Waals surface area contributed by atoms with Crippen LogP contribution >= 0.6 is 11.6 Å². The Kier molecular flexibility index (Phi) is 3.69. The number of likely N-dealkylation sites (tertiary alicyclic amines) is 1.